The zero-order valence-electron chi connectivity index (χ0n) is 16.8. The van der Waals surface area contributed by atoms with Crippen LogP contribution in [0.4, 0.5) is 17.6 Å². The minimum absolute atomic E-state index is 0.232. The average molecular weight is 418 g/mol. The molecule has 0 amide bonds. The zero-order chi connectivity index (χ0) is 22.0. The first-order chi connectivity index (χ1) is 14.9. The van der Waals surface area contributed by atoms with Gasteiger partial charge in [0.25, 0.3) is 0 Å². The van der Waals surface area contributed by atoms with E-state index in [1.54, 1.807) is 36.4 Å². The van der Waals surface area contributed by atoms with Crippen LogP contribution in [0, 0.1) is 42.0 Å². The number of benzene rings is 4. The summed E-state index contributed by atoms with van der Waals surface area (Å²) < 4.78 is 55.2. The fourth-order valence-corrected chi connectivity index (χ4v) is 3.41. The standard InChI is InChI=1S/C27H18F4/c1-17-2-7-20(24(28)12-17)9-4-19-5-10-21(25(29)14-19)8-3-18-6-11-22-15-26(30)27(31)16-23(22)13-18/h2,5-7,10-16H,4,9H2,1H3. The van der Waals surface area contributed by atoms with Crippen molar-refractivity contribution in [2.24, 2.45) is 0 Å². The molecule has 0 atom stereocenters. The van der Waals surface area contributed by atoms with Crippen LogP contribution < -0.4 is 0 Å². The number of fused-ring (bicyclic) bond motifs is 1. The third-order valence-electron chi connectivity index (χ3n) is 5.15. The lowest BCUT2D eigenvalue weighted by Crippen LogP contribution is -1.97. The average Bonchev–Trinajstić information content (AvgIpc) is 2.73. The molecular formula is C27H18F4. The highest BCUT2D eigenvalue weighted by atomic mass is 19.2. The van der Waals surface area contributed by atoms with Gasteiger partial charge in [-0.15, -0.1) is 0 Å². The van der Waals surface area contributed by atoms with E-state index in [4.69, 9.17) is 0 Å². The summed E-state index contributed by atoms with van der Waals surface area (Å²) in [4.78, 5) is 0. The quantitative estimate of drug-likeness (QED) is 0.251. The Morgan fingerprint density at radius 3 is 2.13 bits per heavy atom. The van der Waals surface area contributed by atoms with Crippen LogP contribution in [0.5, 0.6) is 0 Å². The Bertz CT molecular complexity index is 1340. The Kier molecular flexibility index (Phi) is 5.77. The third-order valence-corrected chi connectivity index (χ3v) is 5.15. The normalized spacial score (nSPS) is 10.7. The molecule has 0 spiro atoms. The maximum atomic E-state index is 14.5. The molecule has 4 aromatic carbocycles. The molecule has 0 aromatic heterocycles. The second kappa shape index (κ2) is 8.65. The number of hydrogen-bond donors (Lipinski definition) is 0. The summed E-state index contributed by atoms with van der Waals surface area (Å²) in [6.45, 7) is 1.83. The van der Waals surface area contributed by atoms with Gasteiger partial charge in [-0.3, -0.25) is 0 Å². The molecule has 4 aromatic rings. The van der Waals surface area contributed by atoms with Gasteiger partial charge in [-0.25, -0.2) is 17.6 Å². The molecule has 0 radical (unpaired) electrons. The highest BCUT2D eigenvalue weighted by Crippen LogP contribution is 2.20. The topological polar surface area (TPSA) is 0 Å². The highest BCUT2D eigenvalue weighted by molar-refractivity contribution is 5.84. The minimum Gasteiger partial charge on any atom is -0.207 e. The minimum atomic E-state index is -0.926. The van der Waals surface area contributed by atoms with Gasteiger partial charge in [0.2, 0.25) is 0 Å². The predicted molar refractivity (Wildman–Crippen MR) is 115 cm³/mol. The summed E-state index contributed by atoms with van der Waals surface area (Å²) in [7, 11) is 0. The molecule has 0 nitrogen and oxygen atoms in total. The van der Waals surface area contributed by atoms with Gasteiger partial charge < -0.3 is 0 Å². The van der Waals surface area contributed by atoms with E-state index in [1.165, 1.54) is 12.1 Å². The van der Waals surface area contributed by atoms with Crippen molar-refractivity contribution < 1.29 is 17.6 Å². The van der Waals surface area contributed by atoms with E-state index in [0.717, 1.165) is 23.3 Å². The van der Waals surface area contributed by atoms with Crippen molar-refractivity contribution in [1.82, 2.24) is 0 Å². The molecule has 0 heterocycles. The van der Waals surface area contributed by atoms with E-state index >= 15 is 0 Å². The summed E-state index contributed by atoms with van der Waals surface area (Å²) in [5.41, 5.74) is 3.01. The fraction of sp³-hybridized carbons (Fsp3) is 0.111. The molecule has 31 heavy (non-hydrogen) atoms. The van der Waals surface area contributed by atoms with E-state index in [0.29, 0.717) is 34.7 Å². The Morgan fingerprint density at radius 1 is 0.613 bits per heavy atom. The van der Waals surface area contributed by atoms with Gasteiger partial charge in [0.15, 0.2) is 11.6 Å². The maximum absolute atomic E-state index is 14.5. The molecule has 0 saturated heterocycles. The SMILES string of the molecule is Cc1ccc(CCc2ccc(C#Cc3ccc4cc(F)c(F)cc4c3)c(F)c2)c(F)c1. The van der Waals surface area contributed by atoms with Crippen LogP contribution in [0.3, 0.4) is 0 Å². The molecule has 0 fully saturated rings. The first-order valence-corrected chi connectivity index (χ1v) is 9.83. The van der Waals surface area contributed by atoms with Crippen LogP contribution in [0.25, 0.3) is 10.8 Å². The number of aryl methyl sites for hydroxylation is 3. The lowest BCUT2D eigenvalue weighted by Gasteiger charge is -2.06. The molecule has 0 aliphatic rings. The van der Waals surface area contributed by atoms with Crippen molar-refractivity contribution in [2.75, 3.05) is 0 Å². The van der Waals surface area contributed by atoms with Crippen molar-refractivity contribution >= 4 is 10.8 Å². The largest absolute Gasteiger partial charge is 0.207 e. The zero-order valence-corrected chi connectivity index (χ0v) is 16.8. The molecule has 0 aliphatic heterocycles. The van der Waals surface area contributed by atoms with E-state index in [1.807, 2.05) is 13.0 Å². The number of halogens is 4. The molecule has 0 aliphatic carbocycles. The van der Waals surface area contributed by atoms with Gasteiger partial charge in [0, 0.05) is 5.56 Å². The van der Waals surface area contributed by atoms with Crippen molar-refractivity contribution in [2.45, 2.75) is 19.8 Å². The van der Waals surface area contributed by atoms with Gasteiger partial charge in [-0.1, -0.05) is 36.1 Å². The van der Waals surface area contributed by atoms with E-state index in [-0.39, 0.29) is 11.4 Å². The Labute approximate surface area is 178 Å². The molecule has 154 valence electrons. The van der Waals surface area contributed by atoms with Gasteiger partial charge >= 0.3 is 0 Å². The Hall–Kier alpha value is -3.58. The van der Waals surface area contributed by atoms with Gasteiger partial charge in [-0.05, 0) is 89.7 Å². The summed E-state index contributed by atoms with van der Waals surface area (Å²) >= 11 is 0. The highest BCUT2D eigenvalue weighted by Gasteiger charge is 2.06. The van der Waals surface area contributed by atoms with Gasteiger partial charge in [-0.2, -0.15) is 0 Å². The van der Waals surface area contributed by atoms with E-state index < -0.39 is 17.5 Å². The first kappa shape index (κ1) is 20.7. The van der Waals surface area contributed by atoms with Crippen LogP contribution in [0.2, 0.25) is 0 Å². The second-order valence-corrected chi connectivity index (χ2v) is 7.49. The summed E-state index contributed by atoms with van der Waals surface area (Å²) in [5, 5.41) is 1.08. The second-order valence-electron chi connectivity index (χ2n) is 7.49. The van der Waals surface area contributed by atoms with Crippen molar-refractivity contribution in [3.8, 4) is 11.8 Å². The molecule has 0 bridgehead atoms. The molecule has 0 unspecified atom stereocenters. The molecule has 4 heteroatoms. The Balaban J connectivity index is 1.51. The third kappa shape index (κ3) is 4.78. The van der Waals surface area contributed by atoms with E-state index in [9.17, 15) is 17.6 Å². The first-order valence-electron chi connectivity index (χ1n) is 9.83. The lowest BCUT2D eigenvalue weighted by atomic mass is 10.0. The van der Waals surface area contributed by atoms with E-state index in [2.05, 4.69) is 11.8 Å². The van der Waals surface area contributed by atoms with Crippen LogP contribution in [0.15, 0.2) is 66.7 Å². The van der Waals surface area contributed by atoms with Gasteiger partial charge in [0.05, 0.1) is 5.56 Å². The predicted octanol–water partition coefficient (Wildman–Crippen LogP) is 6.89. The summed E-state index contributed by atoms with van der Waals surface area (Å²) in [5.74, 6) is 3.11. The van der Waals surface area contributed by atoms with Crippen molar-refractivity contribution in [3.05, 3.63) is 118 Å². The molecule has 0 N–H and O–H groups in total. The smallest absolute Gasteiger partial charge is 0.159 e. The summed E-state index contributed by atoms with van der Waals surface area (Å²) in [6, 6.07) is 17.1. The van der Waals surface area contributed by atoms with Crippen LogP contribution >= 0.6 is 0 Å². The van der Waals surface area contributed by atoms with Crippen molar-refractivity contribution in [3.63, 3.8) is 0 Å². The Morgan fingerprint density at radius 2 is 1.39 bits per heavy atom. The van der Waals surface area contributed by atoms with Crippen molar-refractivity contribution in [1.29, 1.82) is 0 Å². The molecular weight excluding hydrogens is 400 g/mol. The molecule has 0 saturated carbocycles. The van der Waals surface area contributed by atoms with Crippen LogP contribution in [-0.4, -0.2) is 0 Å². The van der Waals surface area contributed by atoms with Crippen LogP contribution in [0.1, 0.15) is 27.8 Å². The van der Waals surface area contributed by atoms with Gasteiger partial charge in [0.1, 0.15) is 11.6 Å². The monoisotopic (exact) mass is 418 g/mol. The maximum Gasteiger partial charge on any atom is 0.159 e. The van der Waals surface area contributed by atoms with Crippen LogP contribution in [-0.2, 0) is 12.8 Å². The fourth-order valence-electron chi connectivity index (χ4n) is 3.41. The lowest BCUT2D eigenvalue weighted by molar-refractivity contribution is 0.511. The number of hydrogen-bond acceptors (Lipinski definition) is 0. The summed E-state index contributed by atoms with van der Waals surface area (Å²) in [6.07, 6.45) is 0.988. The number of rotatable bonds is 3. The molecule has 4 rings (SSSR count).